The van der Waals surface area contributed by atoms with Crippen LogP contribution in [0.3, 0.4) is 0 Å². The third kappa shape index (κ3) is 4.22. The molecule has 1 fully saturated rings. The van der Waals surface area contributed by atoms with Crippen molar-refractivity contribution in [2.24, 2.45) is 7.05 Å². The predicted molar refractivity (Wildman–Crippen MR) is 123 cm³/mol. The van der Waals surface area contributed by atoms with Gasteiger partial charge in [-0.2, -0.15) is 10.1 Å². The first kappa shape index (κ1) is 22.6. The lowest BCUT2D eigenvalue weighted by molar-refractivity contribution is -0.119. The number of amides is 1. The molecule has 10 nitrogen and oxygen atoms in total. The molecule has 1 N–H and O–H groups in total. The highest BCUT2D eigenvalue weighted by molar-refractivity contribution is 5.79. The van der Waals surface area contributed by atoms with Gasteiger partial charge < -0.3 is 15.0 Å². The van der Waals surface area contributed by atoms with Crippen LogP contribution in [-0.2, 0) is 11.8 Å². The molecule has 1 amide bonds. The minimum atomic E-state index is -0.890. The van der Waals surface area contributed by atoms with E-state index >= 15 is 8.78 Å². The summed E-state index contributed by atoms with van der Waals surface area (Å²) < 4.78 is 37.5. The fourth-order valence-corrected chi connectivity index (χ4v) is 4.04. The van der Waals surface area contributed by atoms with E-state index in [2.05, 4.69) is 30.4 Å². The summed E-state index contributed by atoms with van der Waals surface area (Å²) in [5.41, 5.74) is 1.78. The van der Waals surface area contributed by atoms with Crippen molar-refractivity contribution in [3.8, 4) is 17.0 Å². The highest BCUT2D eigenvalue weighted by atomic mass is 19.1. The van der Waals surface area contributed by atoms with Gasteiger partial charge >= 0.3 is 0 Å². The standard InChI is InChI=1S/C23H22F2N8O2/c1-12-6-17(35-3)20(25)21(19(12)24)33(11-14-4-5-18(34)29-14)23-27-9-16-22(31-23)30-15(8-26-16)13-7-28-32(2)10-13/h6-10,14H,4-5,11H2,1-3H3,(H,29,34). The number of rotatable bonds is 6. The maximum Gasteiger partial charge on any atom is 0.232 e. The van der Waals surface area contributed by atoms with Crippen molar-refractivity contribution in [1.29, 1.82) is 0 Å². The van der Waals surface area contributed by atoms with Gasteiger partial charge in [0.05, 0.1) is 31.4 Å². The van der Waals surface area contributed by atoms with Crippen LogP contribution in [0.4, 0.5) is 20.4 Å². The Morgan fingerprint density at radius 3 is 2.71 bits per heavy atom. The second-order valence-electron chi connectivity index (χ2n) is 8.32. The zero-order chi connectivity index (χ0) is 24.7. The summed E-state index contributed by atoms with van der Waals surface area (Å²) in [7, 11) is 3.10. The van der Waals surface area contributed by atoms with Gasteiger partial charge in [-0.15, -0.1) is 0 Å². The number of benzene rings is 1. The number of carbonyl (C=O) groups excluding carboxylic acids is 1. The van der Waals surface area contributed by atoms with Crippen molar-refractivity contribution in [2.75, 3.05) is 18.6 Å². The van der Waals surface area contributed by atoms with Crippen molar-refractivity contribution in [3.05, 3.63) is 48.1 Å². The Kier molecular flexibility index (Phi) is 5.71. The van der Waals surface area contributed by atoms with E-state index in [-0.39, 0.29) is 47.1 Å². The smallest absolute Gasteiger partial charge is 0.232 e. The molecule has 1 aliphatic rings. The SMILES string of the molecule is COc1cc(C)c(F)c(N(CC2CCC(=O)N2)c2ncc3ncc(-c4cnn(C)c4)nc3n2)c1F. The van der Waals surface area contributed by atoms with Gasteiger partial charge in [0.25, 0.3) is 0 Å². The molecule has 1 aromatic carbocycles. The molecule has 1 atom stereocenters. The van der Waals surface area contributed by atoms with Gasteiger partial charge in [-0.1, -0.05) is 0 Å². The number of halogens is 2. The van der Waals surface area contributed by atoms with E-state index in [9.17, 15) is 4.79 Å². The van der Waals surface area contributed by atoms with Gasteiger partial charge in [0.15, 0.2) is 23.0 Å². The van der Waals surface area contributed by atoms with Crippen LogP contribution in [0.2, 0.25) is 0 Å². The van der Waals surface area contributed by atoms with E-state index in [1.54, 1.807) is 30.3 Å². The molecular formula is C23H22F2N8O2. The third-order valence-corrected chi connectivity index (χ3v) is 5.84. The lowest BCUT2D eigenvalue weighted by Crippen LogP contribution is -2.38. The third-order valence-electron chi connectivity index (χ3n) is 5.84. The summed E-state index contributed by atoms with van der Waals surface area (Å²) in [5.74, 6) is -1.88. The van der Waals surface area contributed by atoms with Gasteiger partial charge in [0.2, 0.25) is 11.9 Å². The Morgan fingerprint density at radius 1 is 1.20 bits per heavy atom. The number of fused-ring (bicyclic) bond motifs is 1. The molecule has 12 heteroatoms. The van der Waals surface area contributed by atoms with Crippen LogP contribution < -0.4 is 15.0 Å². The number of anilines is 2. The van der Waals surface area contributed by atoms with E-state index in [0.29, 0.717) is 24.1 Å². The van der Waals surface area contributed by atoms with E-state index in [4.69, 9.17) is 4.74 Å². The zero-order valence-corrected chi connectivity index (χ0v) is 19.3. The lowest BCUT2D eigenvalue weighted by atomic mass is 10.1. The quantitative estimate of drug-likeness (QED) is 0.449. The summed E-state index contributed by atoms with van der Waals surface area (Å²) in [4.78, 5) is 30.9. The monoisotopic (exact) mass is 480 g/mol. The van der Waals surface area contributed by atoms with Crippen LogP contribution in [0.15, 0.2) is 30.9 Å². The van der Waals surface area contributed by atoms with Gasteiger partial charge in [-0.3, -0.25) is 9.48 Å². The molecule has 4 heterocycles. The molecule has 1 saturated heterocycles. The number of methoxy groups -OCH3 is 1. The summed E-state index contributed by atoms with van der Waals surface area (Å²) in [5, 5.41) is 6.97. The minimum absolute atomic E-state index is 0.0155. The van der Waals surface area contributed by atoms with Crippen LogP contribution in [0.1, 0.15) is 18.4 Å². The first-order chi connectivity index (χ1) is 16.8. The number of ether oxygens (including phenoxy) is 1. The number of nitrogens with one attached hydrogen (secondary N) is 1. The topological polar surface area (TPSA) is 111 Å². The number of aromatic nitrogens is 6. The fraction of sp³-hybridized carbons (Fsp3) is 0.304. The molecule has 0 saturated carbocycles. The molecule has 35 heavy (non-hydrogen) atoms. The van der Waals surface area contributed by atoms with Gasteiger partial charge in [-0.05, 0) is 25.0 Å². The van der Waals surface area contributed by atoms with Crippen LogP contribution in [0.5, 0.6) is 5.75 Å². The number of carbonyl (C=O) groups is 1. The Hall–Kier alpha value is -4.22. The van der Waals surface area contributed by atoms with Crippen molar-refractivity contribution < 1.29 is 18.3 Å². The Morgan fingerprint density at radius 2 is 2.03 bits per heavy atom. The van der Waals surface area contributed by atoms with Crippen molar-refractivity contribution in [3.63, 3.8) is 0 Å². The summed E-state index contributed by atoms with van der Waals surface area (Å²) >= 11 is 0. The summed E-state index contributed by atoms with van der Waals surface area (Å²) in [6.07, 6.45) is 7.31. The molecule has 1 unspecified atom stereocenters. The lowest BCUT2D eigenvalue weighted by Gasteiger charge is -2.27. The second kappa shape index (κ2) is 8.85. The molecule has 3 aromatic heterocycles. The fourth-order valence-electron chi connectivity index (χ4n) is 4.04. The minimum Gasteiger partial charge on any atom is -0.494 e. The molecule has 4 aromatic rings. The van der Waals surface area contributed by atoms with Crippen molar-refractivity contribution >= 4 is 28.7 Å². The first-order valence-electron chi connectivity index (χ1n) is 10.9. The van der Waals surface area contributed by atoms with Crippen molar-refractivity contribution in [1.82, 2.24) is 35.0 Å². The van der Waals surface area contributed by atoms with E-state index in [1.165, 1.54) is 31.2 Å². The maximum absolute atomic E-state index is 15.4. The largest absolute Gasteiger partial charge is 0.494 e. The molecule has 180 valence electrons. The number of aryl methyl sites for hydroxylation is 2. The number of hydrogen-bond donors (Lipinski definition) is 1. The highest BCUT2D eigenvalue weighted by Crippen LogP contribution is 2.36. The number of hydrogen-bond acceptors (Lipinski definition) is 8. The first-order valence-corrected chi connectivity index (χ1v) is 10.9. The van der Waals surface area contributed by atoms with Crippen LogP contribution in [0, 0.1) is 18.6 Å². The average Bonchev–Trinajstić information content (AvgIpc) is 3.47. The van der Waals surface area contributed by atoms with Crippen LogP contribution in [-0.4, -0.2) is 55.3 Å². The van der Waals surface area contributed by atoms with Crippen LogP contribution >= 0.6 is 0 Å². The summed E-state index contributed by atoms with van der Waals surface area (Å²) in [6, 6.07) is 0.941. The van der Waals surface area contributed by atoms with Gasteiger partial charge in [-0.25, -0.2) is 23.7 Å². The highest BCUT2D eigenvalue weighted by Gasteiger charge is 2.30. The normalized spacial score (nSPS) is 15.5. The van der Waals surface area contributed by atoms with Crippen LogP contribution in [0.25, 0.3) is 22.4 Å². The molecular weight excluding hydrogens is 458 g/mol. The summed E-state index contributed by atoms with van der Waals surface area (Å²) in [6.45, 7) is 1.57. The second-order valence-corrected chi connectivity index (χ2v) is 8.32. The molecule has 0 spiro atoms. The Bertz CT molecular complexity index is 1440. The molecule has 0 radical (unpaired) electrons. The molecule has 1 aliphatic heterocycles. The van der Waals surface area contributed by atoms with Crippen molar-refractivity contribution in [2.45, 2.75) is 25.8 Å². The average molecular weight is 480 g/mol. The Labute approximate surface area is 199 Å². The number of nitrogens with zero attached hydrogens (tertiary/aromatic N) is 7. The maximum atomic E-state index is 15.4. The van der Waals surface area contributed by atoms with E-state index in [1.807, 2.05) is 0 Å². The van der Waals surface area contributed by atoms with Gasteiger partial charge in [0.1, 0.15) is 11.2 Å². The molecule has 5 rings (SSSR count). The Balaban J connectivity index is 1.64. The zero-order valence-electron chi connectivity index (χ0n) is 19.3. The molecule has 0 bridgehead atoms. The van der Waals surface area contributed by atoms with E-state index in [0.717, 1.165) is 5.56 Å². The predicted octanol–water partition coefficient (Wildman–Crippen LogP) is 2.83. The van der Waals surface area contributed by atoms with E-state index < -0.39 is 11.6 Å². The molecule has 0 aliphatic carbocycles. The van der Waals surface area contributed by atoms with Gasteiger partial charge in [0, 0.05) is 37.8 Å².